The third-order valence-corrected chi connectivity index (χ3v) is 3.49. The highest BCUT2D eigenvalue weighted by Crippen LogP contribution is 2.24. The lowest BCUT2D eigenvalue weighted by Crippen LogP contribution is -1.85. The molecule has 0 aliphatic rings. The zero-order valence-corrected chi connectivity index (χ0v) is 13.4. The van der Waals surface area contributed by atoms with Crippen molar-refractivity contribution in [3.8, 4) is 17.9 Å². The Morgan fingerprint density at radius 1 is 0.875 bits per heavy atom. The number of benzene rings is 2. The fraction of sp³-hybridized carbons (Fsp3) is 0.190. The molecule has 120 valence electrons. The first-order valence-corrected chi connectivity index (χ1v) is 7.80. The lowest BCUT2D eigenvalue weighted by Gasteiger charge is -2.01. The normalized spacial score (nSPS) is 11.1. The SMILES string of the molecule is CCCC/C(F)=C(\F)c1ccc(C#Cc2ccc(C#N)cc2)cc1. The summed E-state index contributed by atoms with van der Waals surface area (Å²) in [6.45, 7) is 1.94. The molecule has 0 spiro atoms. The molecule has 0 fully saturated rings. The van der Waals surface area contributed by atoms with Crippen LogP contribution in [0.5, 0.6) is 0 Å². The fourth-order valence-corrected chi connectivity index (χ4v) is 2.07. The highest BCUT2D eigenvalue weighted by molar-refractivity contribution is 5.62. The van der Waals surface area contributed by atoms with Crippen LogP contribution in [0.4, 0.5) is 8.78 Å². The molecule has 0 amide bonds. The van der Waals surface area contributed by atoms with Crippen LogP contribution in [-0.2, 0) is 0 Å². The van der Waals surface area contributed by atoms with Crippen molar-refractivity contribution in [2.24, 2.45) is 0 Å². The first-order valence-electron chi connectivity index (χ1n) is 7.80. The highest BCUT2D eigenvalue weighted by Gasteiger charge is 2.08. The summed E-state index contributed by atoms with van der Waals surface area (Å²) in [6.07, 6.45) is 1.58. The lowest BCUT2D eigenvalue weighted by atomic mass is 10.1. The summed E-state index contributed by atoms with van der Waals surface area (Å²) in [5, 5.41) is 8.75. The van der Waals surface area contributed by atoms with E-state index in [2.05, 4.69) is 11.8 Å². The van der Waals surface area contributed by atoms with Gasteiger partial charge in [-0.25, -0.2) is 8.78 Å². The van der Waals surface area contributed by atoms with Gasteiger partial charge in [-0.15, -0.1) is 0 Å². The van der Waals surface area contributed by atoms with E-state index in [4.69, 9.17) is 5.26 Å². The standard InChI is InChI=1S/C21H17F2N/c1-2-3-4-20(22)21(23)19-13-11-17(12-14-19)6-5-16-7-9-18(15-24)10-8-16/h7-14H,2-4H2,1H3/b21-20+. The Morgan fingerprint density at radius 2 is 1.38 bits per heavy atom. The van der Waals surface area contributed by atoms with E-state index < -0.39 is 11.7 Å². The third kappa shape index (κ3) is 4.80. The molecule has 3 heteroatoms. The van der Waals surface area contributed by atoms with Gasteiger partial charge >= 0.3 is 0 Å². The van der Waals surface area contributed by atoms with E-state index in [0.29, 0.717) is 17.5 Å². The summed E-state index contributed by atoms with van der Waals surface area (Å²) in [5.41, 5.74) is 2.31. The Kier molecular flexibility index (Phi) is 6.29. The summed E-state index contributed by atoms with van der Waals surface area (Å²) in [7, 11) is 0. The monoisotopic (exact) mass is 321 g/mol. The predicted octanol–water partition coefficient (Wildman–Crippen LogP) is 5.76. The van der Waals surface area contributed by atoms with Crippen molar-refractivity contribution in [3.05, 3.63) is 76.6 Å². The number of hydrogen-bond acceptors (Lipinski definition) is 1. The number of hydrogen-bond donors (Lipinski definition) is 0. The molecule has 0 aliphatic carbocycles. The number of nitriles is 1. The van der Waals surface area contributed by atoms with Gasteiger partial charge in [0.2, 0.25) is 0 Å². The smallest absolute Gasteiger partial charge is 0.161 e. The van der Waals surface area contributed by atoms with Crippen molar-refractivity contribution < 1.29 is 8.78 Å². The van der Waals surface area contributed by atoms with Crippen LogP contribution in [0.3, 0.4) is 0 Å². The van der Waals surface area contributed by atoms with E-state index >= 15 is 0 Å². The minimum atomic E-state index is -0.796. The van der Waals surface area contributed by atoms with Crippen LogP contribution in [-0.4, -0.2) is 0 Å². The topological polar surface area (TPSA) is 23.8 Å². The number of halogens is 2. The van der Waals surface area contributed by atoms with Crippen LogP contribution in [0.1, 0.15) is 48.4 Å². The predicted molar refractivity (Wildman–Crippen MR) is 92.2 cm³/mol. The Balaban J connectivity index is 2.12. The summed E-state index contributed by atoms with van der Waals surface area (Å²) < 4.78 is 27.6. The molecule has 1 nitrogen and oxygen atoms in total. The molecule has 0 aromatic heterocycles. The molecule has 0 unspecified atom stereocenters. The van der Waals surface area contributed by atoms with Crippen molar-refractivity contribution >= 4 is 5.83 Å². The maximum absolute atomic E-state index is 13.9. The summed E-state index contributed by atoms with van der Waals surface area (Å²) in [4.78, 5) is 0. The molecule has 0 saturated carbocycles. The van der Waals surface area contributed by atoms with Crippen molar-refractivity contribution in [1.82, 2.24) is 0 Å². The van der Waals surface area contributed by atoms with Crippen LogP contribution in [0.25, 0.3) is 5.83 Å². The quantitative estimate of drug-likeness (QED) is 0.657. The molecular weight excluding hydrogens is 304 g/mol. The minimum absolute atomic E-state index is 0.128. The Bertz CT molecular complexity index is 813. The van der Waals surface area contributed by atoms with Gasteiger partial charge in [0.25, 0.3) is 0 Å². The number of allylic oxidation sites excluding steroid dienone is 1. The number of rotatable bonds is 4. The van der Waals surface area contributed by atoms with Gasteiger partial charge in [0.05, 0.1) is 11.6 Å². The van der Waals surface area contributed by atoms with E-state index in [1.807, 2.05) is 13.0 Å². The summed E-state index contributed by atoms with van der Waals surface area (Å²) in [6, 6.07) is 15.4. The fourth-order valence-electron chi connectivity index (χ4n) is 2.07. The van der Waals surface area contributed by atoms with E-state index in [-0.39, 0.29) is 12.0 Å². The van der Waals surface area contributed by atoms with Gasteiger partial charge in [-0.1, -0.05) is 37.3 Å². The molecule has 0 heterocycles. The van der Waals surface area contributed by atoms with E-state index in [1.165, 1.54) is 12.1 Å². The number of nitrogens with zero attached hydrogens (tertiary/aromatic N) is 1. The zero-order valence-electron chi connectivity index (χ0n) is 13.4. The Hall–Kier alpha value is -2.91. The van der Waals surface area contributed by atoms with Crippen LogP contribution in [0, 0.1) is 23.2 Å². The molecule has 0 atom stereocenters. The van der Waals surface area contributed by atoms with Gasteiger partial charge in [-0.05, 0) is 42.8 Å². The number of unbranched alkanes of at least 4 members (excludes halogenated alkanes) is 1. The van der Waals surface area contributed by atoms with Crippen molar-refractivity contribution in [2.45, 2.75) is 26.2 Å². The van der Waals surface area contributed by atoms with Crippen LogP contribution >= 0.6 is 0 Å². The molecule has 0 saturated heterocycles. The third-order valence-electron chi connectivity index (χ3n) is 3.49. The minimum Gasteiger partial charge on any atom is -0.209 e. The van der Waals surface area contributed by atoms with Gasteiger partial charge < -0.3 is 0 Å². The van der Waals surface area contributed by atoms with Crippen molar-refractivity contribution in [3.63, 3.8) is 0 Å². The second-order valence-electron chi connectivity index (χ2n) is 5.34. The second kappa shape index (κ2) is 8.65. The zero-order chi connectivity index (χ0) is 17.4. The summed E-state index contributed by atoms with van der Waals surface area (Å²) in [5.74, 6) is 4.44. The first kappa shape index (κ1) is 17.4. The molecular formula is C21H17F2N. The van der Waals surface area contributed by atoms with Gasteiger partial charge in [-0.2, -0.15) is 5.26 Å². The van der Waals surface area contributed by atoms with Crippen LogP contribution < -0.4 is 0 Å². The maximum atomic E-state index is 13.9. The molecule has 2 aromatic rings. The summed E-state index contributed by atoms with van der Waals surface area (Å²) >= 11 is 0. The van der Waals surface area contributed by atoms with Crippen LogP contribution in [0.15, 0.2) is 54.4 Å². The average molecular weight is 321 g/mol. The Morgan fingerprint density at radius 3 is 1.88 bits per heavy atom. The molecule has 0 aliphatic heterocycles. The van der Waals surface area contributed by atoms with Gasteiger partial charge in [0.1, 0.15) is 5.83 Å². The van der Waals surface area contributed by atoms with Gasteiger partial charge in [0.15, 0.2) is 5.83 Å². The van der Waals surface area contributed by atoms with E-state index in [0.717, 1.165) is 12.0 Å². The Labute approximate surface area is 141 Å². The average Bonchev–Trinajstić information content (AvgIpc) is 2.64. The molecule has 24 heavy (non-hydrogen) atoms. The molecule has 0 bridgehead atoms. The van der Waals surface area contributed by atoms with E-state index in [1.54, 1.807) is 36.4 Å². The molecule has 2 rings (SSSR count). The molecule has 0 radical (unpaired) electrons. The van der Waals surface area contributed by atoms with Crippen molar-refractivity contribution in [2.75, 3.05) is 0 Å². The lowest BCUT2D eigenvalue weighted by molar-refractivity contribution is 0.548. The molecule has 0 N–H and O–H groups in total. The first-order chi connectivity index (χ1) is 11.6. The van der Waals surface area contributed by atoms with Gasteiger partial charge in [0, 0.05) is 23.1 Å². The highest BCUT2D eigenvalue weighted by atomic mass is 19.2. The maximum Gasteiger partial charge on any atom is 0.161 e. The molecule has 2 aromatic carbocycles. The van der Waals surface area contributed by atoms with E-state index in [9.17, 15) is 8.78 Å². The van der Waals surface area contributed by atoms with Gasteiger partial charge in [-0.3, -0.25) is 0 Å². The van der Waals surface area contributed by atoms with Crippen molar-refractivity contribution in [1.29, 1.82) is 5.26 Å². The second-order valence-corrected chi connectivity index (χ2v) is 5.34. The largest absolute Gasteiger partial charge is 0.209 e. The van der Waals surface area contributed by atoms with Crippen LogP contribution in [0.2, 0.25) is 0 Å².